The fourth-order valence-corrected chi connectivity index (χ4v) is 4.48. The highest BCUT2D eigenvalue weighted by Gasteiger charge is 2.28. The molecule has 0 unspecified atom stereocenters. The SMILES string of the molecule is COCC(=O)Nc1c(I)c(C(=O)OC)c(C)c(C(=O)OC)c1I. The van der Waals surface area contributed by atoms with Gasteiger partial charge in [0.25, 0.3) is 0 Å². The highest BCUT2D eigenvalue weighted by Crippen LogP contribution is 2.35. The summed E-state index contributed by atoms with van der Waals surface area (Å²) < 4.78 is 15.3. The molecule has 0 aromatic heterocycles. The number of hydrogen-bond donors (Lipinski definition) is 1. The van der Waals surface area contributed by atoms with E-state index in [2.05, 4.69) is 5.32 Å². The molecule has 0 spiro atoms. The number of esters is 2. The number of carbonyl (C=O) groups excluding carboxylic acids is 3. The molecule has 0 aliphatic carbocycles. The number of hydrogen-bond acceptors (Lipinski definition) is 6. The van der Waals surface area contributed by atoms with Crippen LogP contribution in [0.2, 0.25) is 0 Å². The summed E-state index contributed by atoms with van der Waals surface area (Å²) in [5.41, 5.74) is 1.20. The Morgan fingerprint density at radius 2 is 1.39 bits per heavy atom. The third-order valence-corrected chi connectivity index (χ3v) is 5.10. The minimum atomic E-state index is -0.601. The molecular weight excluding hydrogens is 532 g/mol. The molecule has 0 saturated carbocycles. The van der Waals surface area contributed by atoms with Gasteiger partial charge >= 0.3 is 11.9 Å². The first-order valence-electron chi connectivity index (χ1n) is 6.27. The van der Waals surface area contributed by atoms with Crippen LogP contribution in [0.4, 0.5) is 5.69 Å². The average Bonchev–Trinajstić information content (AvgIpc) is 2.51. The maximum absolute atomic E-state index is 12.1. The molecule has 0 aliphatic heterocycles. The fourth-order valence-electron chi connectivity index (χ4n) is 1.91. The van der Waals surface area contributed by atoms with Crippen LogP contribution in [-0.2, 0) is 19.0 Å². The van der Waals surface area contributed by atoms with E-state index < -0.39 is 17.8 Å². The van der Waals surface area contributed by atoms with Crippen molar-refractivity contribution >= 4 is 68.7 Å². The highest BCUT2D eigenvalue weighted by molar-refractivity contribution is 14.1. The molecule has 0 saturated heterocycles. The van der Waals surface area contributed by atoms with Gasteiger partial charge in [-0.1, -0.05) is 0 Å². The van der Waals surface area contributed by atoms with E-state index >= 15 is 0 Å². The summed E-state index contributed by atoms with van der Waals surface area (Å²) in [4.78, 5) is 36.0. The molecule has 23 heavy (non-hydrogen) atoms. The van der Waals surface area contributed by atoms with Crippen molar-refractivity contribution in [2.75, 3.05) is 33.3 Å². The van der Waals surface area contributed by atoms with Crippen LogP contribution in [-0.4, -0.2) is 45.8 Å². The number of rotatable bonds is 5. The first-order valence-corrected chi connectivity index (χ1v) is 8.42. The molecule has 0 fully saturated rings. The summed E-state index contributed by atoms with van der Waals surface area (Å²) in [6, 6.07) is 0. The van der Waals surface area contributed by atoms with Gasteiger partial charge in [-0.25, -0.2) is 9.59 Å². The van der Waals surface area contributed by atoms with Crippen LogP contribution in [0.5, 0.6) is 0 Å². The number of methoxy groups -OCH3 is 3. The molecule has 0 radical (unpaired) electrons. The Bertz CT molecular complexity index is 616. The molecule has 1 amide bonds. The van der Waals surface area contributed by atoms with Gasteiger partial charge in [0.2, 0.25) is 5.91 Å². The zero-order chi connectivity index (χ0) is 17.7. The van der Waals surface area contributed by atoms with Crippen LogP contribution in [0, 0.1) is 14.1 Å². The Balaban J connectivity index is 3.64. The van der Waals surface area contributed by atoms with E-state index in [9.17, 15) is 14.4 Å². The highest BCUT2D eigenvalue weighted by atomic mass is 127. The van der Waals surface area contributed by atoms with Crippen LogP contribution < -0.4 is 5.32 Å². The second-order valence-corrected chi connectivity index (χ2v) is 6.50. The normalized spacial score (nSPS) is 10.2. The molecule has 126 valence electrons. The average molecular weight is 547 g/mol. The number of anilines is 1. The fraction of sp³-hybridized carbons (Fsp3) is 0.357. The van der Waals surface area contributed by atoms with Gasteiger partial charge < -0.3 is 19.5 Å². The second-order valence-electron chi connectivity index (χ2n) is 4.34. The van der Waals surface area contributed by atoms with Gasteiger partial charge in [0.05, 0.1) is 38.2 Å². The number of ether oxygens (including phenoxy) is 3. The lowest BCUT2D eigenvalue weighted by molar-refractivity contribution is -0.119. The van der Waals surface area contributed by atoms with Gasteiger partial charge in [-0.3, -0.25) is 4.79 Å². The molecule has 1 aromatic carbocycles. The molecule has 1 aromatic rings. The van der Waals surface area contributed by atoms with Crippen LogP contribution >= 0.6 is 45.2 Å². The molecule has 9 heteroatoms. The summed E-state index contributed by atoms with van der Waals surface area (Å²) in [7, 11) is 3.89. The van der Waals surface area contributed by atoms with Gasteiger partial charge in [0.1, 0.15) is 6.61 Å². The zero-order valence-corrected chi connectivity index (χ0v) is 17.2. The lowest BCUT2D eigenvalue weighted by Crippen LogP contribution is -2.22. The summed E-state index contributed by atoms with van der Waals surface area (Å²) in [5.74, 6) is -1.61. The molecule has 0 heterocycles. The lowest BCUT2D eigenvalue weighted by Gasteiger charge is -2.18. The van der Waals surface area contributed by atoms with Gasteiger partial charge in [-0.05, 0) is 57.7 Å². The third kappa shape index (κ3) is 4.32. The van der Waals surface area contributed by atoms with Crippen LogP contribution in [0.3, 0.4) is 0 Å². The molecule has 1 N–H and O–H groups in total. The van der Waals surface area contributed by atoms with Crippen molar-refractivity contribution in [3.05, 3.63) is 23.8 Å². The molecule has 0 atom stereocenters. The molecule has 0 aliphatic rings. The Labute approximate surface area is 160 Å². The minimum Gasteiger partial charge on any atom is -0.465 e. The Morgan fingerprint density at radius 3 is 1.74 bits per heavy atom. The quantitative estimate of drug-likeness (QED) is 0.450. The van der Waals surface area contributed by atoms with Crippen molar-refractivity contribution < 1.29 is 28.6 Å². The number of carbonyl (C=O) groups is 3. The van der Waals surface area contributed by atoms with Gasteiger partial charge in [0, 0.05) is 7.11 Å². The first kappa shape index (κ1) is 20.1. The van der Waals surface area contributed by atoms with E-state index in [-0.39, 0.29) is 17.7 Å². The first-order chi connectivity index (χ1) is 10.8. The Hall–Kier alpha value is -0.950. The summed E-state index contributed by atoms with van der Waals surface area (Å²) in [6.07, 6.45) is 0. The monoisotopic (exact) mass is 547 g/mol. The van der Waals surface area contributed by atoms with Gasteiger partial charge in [0.15, 0.2) is 0 Å². The summed E-state index contributed by atoms with van der Waals surface area (Å²) >= 11 is 3.86. The topological polar surface area (TPSA) is 90.9 Å². The zero-order valence-electron chi connectivity index (χ0n) is 12.9. The number of amides is 1. The van der Waals surface area contributed by atoms with Crippen molar-refractivity contribution in [2.45, 2.75) is 6.92 Å². The molecular formula is C14H15I2NO6. The van der Waals surface area contributed by atoms with Gasteiger partial charge in [-0.15, -0.1) is 0 Å². The Morgan fingerprint density at radius 1 is 0.957 bits per heavy atom. The summed E-state index contributed by atoms with van der Waals surface area (Å²) in [5, 5.41) is 2.65. The third-order valence-electron chi connectivity index (χ3n) is 2.95. The van der Waals surface area contributed by atoms with E-state index in [0.717, 1.165) is 0 Å². The smallest absolute Gasteiger partial charge is 0.339 e. The standard InChI is InChI=1S/C14H15I2NO6/c1-6-8(13(19)22-3)10(15)12(17-7(18)5-21-2)11(16)9(6)14(20)23-4/h5H2,1-4H3,(H,17,18). The van der Waals surface area contributed by atoms with Crippen LogP contribution in [0.15, 0.2) is 0 Å². The van der Waals surface area contributed by atoms with Crippen LogP contribution in [0.25, 0.3) is 0 Å². The maximum Gasteiger partial charge on any atom is 0.339 e. The van der Waals surface area contributed by atoms with Crippen molar-refractivity contribution in [2.24, 2.45) is 0 Å². The van der Waals surface area contributed by atoms with E-state index in [4.69, 9.17) is 14.2 Å². The number of halogens is 2. The molecule has 0 bridgehead atoms. The number of benzene rings is 1. The van der Waals surface area contributed by atoms with Crippen molar-refractivity contribution in [3.63, 3.8) is 0 Å². The summed E-state index contributed by atoms with van der Waals surface area (Å²) in [6.45, 7) is 1.48. The Kier molecular flexibility index (Phi) is 7.67. The second kappa shape index (κ2) is 8.78. The van der Waals surface area contributed by atoms with Gasteiger partial charge in [-0.2, -0.15) is 0 Å². The van der Waals surface area contributed by atoms with Crippen molar-refractivity contribution in [1.29, 1.82) is 0 Å². The minimum absolute atomic E-state index is 0.152. The largest absolute Gasteiger partial charge is 0.465 e. The van der Waals surface area contributed by atoms with Crippen molar-refractivity contribution in [3.8, 4) is 0 Å². The maximum atomic E-state index is 12.1. The van der Waals surface area contributed by atoms with E-state index in [1.165, 1.54) is 21.3 Å². The van der Waals surface area contributed by atoms with Crippen molar-refractivity contribution in [1.82, 2.24) is 0 Å². The molecule has 1 rings (SSSR count). The molecule has 7 nitrogen and oxygen atoms in total. The van der Waals surface area contributed by atoms with E-state index in [0.29, 0.717) is 18.4 Å². The van der Waals surface area contributed by atoms with Crippen LogP contribution in [0.1, 0.15) is 26.3 Å². The number of nitrogens with one attached hydrogen (secondary N) is 1. The van der Waals surface area contributed by atoms with E-state index in [1.807, 2.05) is 45.2 Å². The van der Waals surface area contributed by atoms with E-state index in [1.54, 1.807) is 6.92 Å². The lowest BCUT2D eigenvalue weighted by atomic mass is 10.0. The predicted octanol–water partition coefficient (Wildman–Crippen LogP) is 2.36. The predicted molar refractivity (Wildman–Crippen MR) is 99.8 cm³/mol.